The third kappa shape index (κ3) is 6.56. The van der Waals surface area contributed by atoms with Gasteiger partial charge in [-0.25, -0.2) is 0 Å². The van der Waals surface area contributed by atoms with Gasteiger partial charge < -0.3 is 4.74 Å². The Kier molecular flexibility index (Phi) is 7.85. The Morgan fingerprint density at radius 3 is 2.15 bits per heavy atom. The number of aromatic nitrogens is 2. The SMILES string of the molecule is Cc1cnc(-c2cc(Oc3cccc(-c4cc(C5CCC(C)(C)CC5C)c(C)cn4)c3)cc(C(C)(C)C)c2)cc1C. The van der Waals surface area contributed by atoms with Crippen molar-refractivity contribution in [3.63, 3.8) is 0 Å². The molecule has 4 aromatic rings. The van der Waals surface area contributed by atoms with E-state index < -0.39 is 0 Å². The highest BCUT2D eigenvalue weighted by Gasteiger charge is 2.34. The van der Waals surface area contributed by atoms with Crippen LogP contribution in [-0.2, 0) is 5.41 Å². The van der Waals surface area contributed by atoms with Gasteiger partial charge in [0.15, 0.2) is 0 Å². The van der Waals surface area contributed by atoms with Crippen molar-refractivity contribution < 1.29 is 4.74 Å². The lowest BCUT2D eigenvalue weighted by atomic mass is 9.65. The molecule has 41 heavy (non-hydrogen) atoms. The van der Waals surface area contributed by atoms with Crippen molar-refractivity contribution in [2.75, 3.05) is 0 Å². The van der Waals surface area contributed by atoms with Gasteiger partial charge in [-0.05, 0) is 133 Å². The minimum Gasteiger partial charge on any atom is -0.457 e. The third-order valence-corrected chi connectivity index (χ3v) is 9.04. The quantitative estimate of drug-likeness (QED) is 0.250. The van der Waals surface area contributed by atoms with Gasteiger partial charge in [-0.2, -0.15) is 0 Å². The van der Waals surface area contributed by atoms with Crippen molar-refractivity contribution in [2.24, 2.45) is 11.3 Å². The fourth-order valence-corrected chi connectivity index (χ4v) is 6.38. The molecule has 1 fully saturated rings. The topological polar surface area (TPSA) is 35.0 Å². The Labute approximate surface area is 247 Å². The van der Waals surface area contributed by atoms with E-state index in [9.17, 15) is 0 Å². The molecule has 3 heteroatoms. The summed E-state index contributed by atoms with van der Waals surface area (Å²) < 4.78 is 6.55. The number of pyridine rings is 2. The molecule has 2 aromatic heterocycles. The molecule has 0 saturated heterocycles. The zero-order chi connectivity index (χ0) is 29.5. The van der Waals surface area contributed by atoms with E-state index in [1.54, 1.807) is 0 Å². The van der Waals surface area contributed by atoms with Crippen LogP contribution in [0.3, 0.4) is 0 Å². The first-order valence-electron chi connectivity index (χ1n) is 15.1. The number of aryl methyl sites for hydroxylation is 3. The highest BCUT2D eigenvalue weighted by molar-refractivity contribution is 5.66. The van der Waals surface area contributed by atoms with Crippen LogP contribution in [0, 0.1) is 32.1 Å². The molecule has 2 heterocycles. The lowest BCUT2D eigenvalue weighted by molar-refractivity contribution is 0.167. The van der Waals surface area contributed by atoms with Crippen LogP contribution in [-0.4, -0.2) is 9.97 Å². The molecule has 0 amide bonds. The largest absolute Gasteiger partial charge is 0.457 e. The first kappa shape index (κ1) is 29.0. The minimum absolute atomic E-state index is 0.0244. The Balaban J connectivity index is 1.46. The second-order valence-corrected chi connectivity index (χ2v) is 14.2. The fraction of sp³-hybridized carbons (Fsp3) is 0.421. The monoisotopic (exact) mass is 546 g/mol. The number of hydrogen-bond acceptors (Lipinski definition) is 3. The van der Waals surface area contributed by atoms with Crippen LogP contribution in [0.1, 0.15) is 94.5 Å². The number of benzene rings is 2. The average Bonchev–Trinajstić information content (AvgIpc) is 2.90. The lowest BCUT2D eigenvalue weighted by Crippen LogP contribution is -2.27. The van der Waals surface area contributed by atoms with Gasteiger partial charge in [-0.1, -0.05) is 53.7 Å². The van der Waals surface area contributed by atoms with Crippen molar-refractivity contribution in [3.8, 4) is 34.0 Å². The van der Waals surface area contributed by atoms with Gasteiger partial charge in [0.25, 0.3) is 0 Å². The molecule has 2 unspecified atom stereocenters. The Morgan fingerprint density at radius 1 is 0.780 bits per heavy atom. The molecular weight excluding hydrogens is 500 g/mol. The van der Waals surface area contributed by atoms with Crippen LogP contribution in [0.4, 0.5) is 0 Å². The Morgan fingerprint density at radius 2 is 1.46 bits per heavy atom. The summed E-state index contributed by atoms with van der Waals surface area (Å²) in [6, 6.07) is 19.3. The van der Waals surface area contributed by atoms with E-state index >= 15 is 0 Å². The second-order valence-electron chi connectivity index (χ2n) is 14.2. The molecule has 1 aliphatic carbocycles. The van der Waals surface area contributed by atoms with Crippen molar-refractivity contribution in [1.82, 2.24) is 9.97 Å². The molecule has 0 spiro atoms. The molecule has 0 bridgehead atoms. The van der Waals surface area contributed by atoms with Gasteiger partial charge in [0.1, 0.15) is 11.5 Å². The van der Waals surface area contributed by atoms with E-state index in [0.717, 1.165) is 34.0 Å². The summed E-state index contributed by atoms with van der Waals surface area (Å²) in [7, 11) is 0. The van der Waals surface area contributed by atoms with Gasteiger partial charge in [0, 0.05) is 23.5 Å². The molecule has 3 nitrogen and oxygen atoms in total. The van der Waals surface area contributed by atoms with Crippen molar-refractivity contribution in [2.45, 2.75) is 92.9 Å². The molecule has 5 rings (SSSR count). The van der Waals surface area contributed by atoms with E-state index in [1.165, 1.54) is 47.1 Å². The average molecular weight is 547 g/mol. The lowest BCUT2D eigenvalue weighted by Gasteiger charge is -2.40. The zero-order valence-electron chi connectivity index (χ0n) is 26.4. The van der Waals surface area contributed by atoms with Gasteiger partial charge >= 0.3 is 0 Å². The van der Waals surface area contributed by atoms with Gasteiger partial charge in [-0.3, -0.25) is 9.97 Å². The van der Waals surface area contributed by atoms with E-state index in [4.69, 9.17) is 14.7 Å². The maximum Gasteiger partial charge on any atom is 0.128 e. The summed E-state index contributed by atoms with van der Waals surface area (Å²) >= 11 is 0. The number of hydrogen-bond donors (Lipinski definition) is 0. The first-order valence-corrected chi connectivity index (χ1v) is 15.1. The number of rotatable bonds is 5. The highest BCUT2D eigenvalue weighted by atomic mass is 16.5. The zero-order valence-corrected chi connectivity index (χ0v) is 26.4. The minimum atomic E-state index is -0.0244. The summed E-state index contributed by atoms with van der Waals surface area (Å²) in [5, 5.41) is 0. The smallest absolute Gasteiger partial charge is 0.128 e. The Bertz CT molecular complexity index is 1560. The van der Waals surface area contributed by atoms with Crippen LogP contribution in [0.25, 0.3) is 22.5 Å². The summed E-state index contributed by atoms with van der Waals surface area (Å²) in [5.74, 6) is 2.88. The van der Waals surface area contributed by atoms with E-state index in [0.29, 0.717) is 17.3 Å². The maximum atomic E-state index is 6.55. The van der Waals surface area contributed by atoms with E-state index in [1.807, 2.05) is 12.3 Å². The fourth-order valence-electron chi connectivity index (χ4n) is 6.38. The summed E-state index contributed by atoms with van der Waals surface area (Å²) in [6.07, 6.45) is 7.79. The van der Waals surface area contributed by atoms with Gasteiger partial charge in [0.2, 0.25) is 0 Å². The molecule has 0 aliphatic heterocycles. The van der Waals surface area contributed by atoms with Crippen LogP contribution in [0.2, 0.25) is 0 Å². The molecule has 0 radical (unpaired) electrons. The molecule has 1 aliphatic rings. The summed E-state index contributed by atoms with van der Waals surface area (Å²) in [4.78, 5) is 9.60. The molecular formula is C38H46N2O. The predicted octanol–water partition coefficient (Wildman–Crippen LogP) is 10.8. The van der Waals surface area contributed by atoms with E-state index in [2.05, 4.69) is 117 Å². The summed E-state index contributed by atoms with van der Waals surface area (Å²) in [5.41, 5.74) is 10.9. The van der Waals surface area contributed by atoms with E-state index in [-0.39, 0.29) is 5.41 Å². The molecule has 1 saturated carbocycles. The first-order chi connectivity index (χ1) is 19.3. The highest BCUT2D eigenvalue weighted by Crippen LogP contribution is 2.47. The second kappa shape index (κ2) is 11.1. The van der Waals surface area contributed by atoms with Crippen LogP contribution in [0.5, 0.6) is 11.5 Å². The van der Waals surface area contributed by atoms with Gasteiger partial charge in [-0.15, -0.1) is 0 Å². The normalized spacial score (nSPS) is 18.8. The maximum absolute atomic E-state index is 6.55. The van der Waals surface area contributed by atoms with Gasteiger partial charge in [0.05, 0.1) is 11.4 Å². The molecule has 2 aromatic carbocycles. The van der Waals surface area contributed by atoms with Crippen LogP contribution >= 0.6 is 0 Å². The third-order valence-electron chi connectivity index (χ3n) is 9.04. The van der Waals surface area contributed by atoms with Crippen LogP contribution < -0.4 is 4.74 Å². The number of ether oxygens (including phenoxy) is 1. The standard InChI is InChI=1S/C38H46N2O/c1-24-15-35(39-22-26(24)3)29-16-30(37(5,6)7)19-32(18-29)41-31-12-10-11-28(17-31)36-20-34(27(4)23-40-36)33-13-14-38(8,9)21-25(33)2/h10-12,15-20,22-23,25,33H,13-14,21H2,1-9H3. The van der Waals surface area contributed by atoms with Crippen molar-refractivity contribution in [1.29, 1.82) is 0 Å². The molecule has 0 N–H and O–H groups in total. The van der Waals surface area contributed by atoms with Crippen molar-refractivity contribution >= 4 is 0 Å². The van der Waals surface area contributed by atoms with Crippen molar-refractivity contribution in [3.05, 3.63) is 94.8 Å². The summed E-state index contributed by atoms with van der Waals surface area (Å²) in [6.45, 7) is 20.4. The number of nitrogens with zero attached hydrogens (tertiary/aromatic N) is 2. The Hall–Kier alpha value is -3.46. The molecule has 2 atom stereocenters. The van der Waals surface area contributed by atoms with Crippen LogP contribution in [0.15, 0.2) is 67.0 Å². The predicted molar refractivity (Wildman–Crippen MR) is 172 cm³/mol. The molecule has 214 valence electrons.